The van der Waals surface area contributed by atoms with Crippen LogP contribution in [0.1, 0.15) is 17.3 Å². The lowest BCUT2D eigenvalue weighted by atomic mass is 10.1. The number of rotatable bonds is 8. The van der Waals surface area contributed by atoms with Gasteiger partial charge in [-0.05, 0) is 26.1 Å². The average molecular weight is 353 g/mol. The van der Waals surface area contributed by atoms with Gasteiger partial charge >= 0.3 is 5.97 Å². The van der Waals surface area contributed by atoms with E-state index >= 15 is 0 Å². The van der Waals surface area contributed by atoms with Gasteiger partial charge in [0.2, 0.25) is 5.78 Å². The molecule has 1 rings (SSSR count). The number of hydrogen-bond acceptors (Lipinski definition) is 6. The van der Waals surface area contributed by atoms with Gasteiger partial charge in [-0.2, -0.15) is 0 Å². The van der Waals surface area contributed by atoms with Crippen molar-refractivity contribution in [2.45, 2.75) is 6.92 Å². The van der Waals surface area contributed by atoms with E-state index in [0.29, 0.717) is 13.1 Å². The number of allylic oxidation sites excluding steroid dienone is 1. The third kappa shape index (κ3) is 5.68. The highest BCUT2D eigenvalue weighted by atomic mass is 35.5. The van der Waals surface area contributed by atoms with Gasteiger partial charge in [0.15, 0.2) is 6.61 Å². The summed E-state index contributed by atoms with van der Waals surface area (Å²) in [5.74, 6) is -1.25. The van der Waals surface area contributed by atoms with E-state index < -0.39 is 18.4 Å². The molecule has 1 aromatic carbocycles. The van der Waals surface area contributed by atoms with Crippen LogP contribution in [0.25, 0.3) is 0 Å². The van der Waals surface area contributed by atoms with E-state index in [2.05, 4.69) is 10.3 Å². The molecule has 0 aliphatic heterocycles. The Labute approximate surface area is 145 Å². The smallest absolute Gasteiger partial charge is 0.344 e. The zero-order valence-corrected chi connectivity index (χ0v) is 14.4. The number of aliphatic imine (C=N–C) groups is 1. The summed E-state index contributed by atoms with van der Waals surface area (Å²) in [7, 11) is 1.77. The van der Waals surface area contributed by atoms with E-state index in [1.54, 1.807) is 31.3 Å². The maximum Gasteiger partial charge on any atom is 0.344 e. The number of carbonyl (C=O) groups excluding carboxylic acids is 2. The van der Waals surface area contributed by atoms with Crippen LogP contribution in [-0.2, 0) is 9.53 Å². The first kappa shape index (κ1) is 19.7. The molecule has 8 heteroatoms. The molecule has 1 aromatic rings. The summed E-state index contributed by atoms with van der Waals surface area (Å²) in [6, 6.07) is 6.50. The number of hydrogen-bond donors (Lipinski definition) is 3. The number of Topliss-reactive ketones (excluding diaryl/α,β-unsaturated/α-hetero) is 1. The highest BCUT2D eigenvalue weighted by Crippen LogP contribution is 2.15. The summed E-state index contributed by atoms with van der Waals surface area (Å²) in [6.07, 6.45) is 0. The molecule has 0 aliphatic rings. The fourth-order valence-corrected chi connectivity index (χ4v) is 2.04. The first-order chi connectivity index (χ1) is 11.4. The zero-order valence-electron chi connectivity index (χ0n) is 13.6. The van der Waals surface area contributed by atoms with Crippen molar-refractivity contribution in [3.05, 3.63) is 46.1 Å². The summed E-state index contributed by atoms with van der Waals surface area (Å²) >= 11 is 5.93. The summed E-state index contributed by atoms with van der Waals surface area (Å²) in [4.78, 5) is 28.3. The molecule has 24 heavy (non-hydrogen) atoms. The highest BCUT2D eigenvalue weighted by Gasteiger charge is 2.20. The van der Waals surface area contributed by atoms with E-state index in [-0.39, 0.29) is 27.7 Å². The van der Waals surface area contributed by atoms with Crippen LogP contribution in [0, 0.1) is 0 Å². The van der Waals surface area contributed by atoms with Crippen LogP contribution in [0.4, 0.5) is 0 Å². The van der Waals surface area contributed by atoms with Crippen molar-refractivity contribution in [1.29, 1.82) is 0 Å². The topological polar surface area (TPSA) is 120 Å². The van der Waals surface area contributed by atoms with Gasteiger partial charge in [0.05, 0.1) is 11.6 Å². The SMILES string of the molecule is CNCCN=C(N)/C(C(=O)OCC(=O)c1ccccc1Cl)=C(/C)N. The summed E-state index contributed by atoms with van der Waals surface area (Å²) in [6.45, 7) is 2.01. The first-order valence-electron chi connectivity index (χ1n) is 7.24. The van der Waals surface area contributed by atoms with E-state index in [1.165, 1.54) is 6.92 Å². The normalized spacial score (nSPS) is 12.5. The molecule has 0 unspecified atom stereocenters. The molecule has 0 fully saturated rings. The lowest BCUT2D eigenvalue weighted by Crippen LogP contribution is -2.28. The standard InChI is InChI=1S/C16H21ClN4O3/c1-10(18)14(15(19)21-8-7-20-2)16(23)24-9-13(22)11-5-3-4-6-12(11)17/h3-6,20H,7-9,18H2,1-2H3,(H2,19,21)/b14-10+. The van der Waals surface area contributed by atoms with Crippen LogP contribution < -0.4 is 16.8 Å². The Kier molecular flexibility index (Phi) is 7.94. The van der Waals surface area contributed by atoms with Crippen molar-refractivity contribution < 1.29 is 14.3 Å². The number of nitrogens with two attached hydrogens (primary N) is 2. The second-order valence-corrected chi connectivity index (χ2v) is 5.31. The van der Waals surface area contributed by atoms with Crippen LogP contribution in [-0.4, -0.2) is 44.3 Å². The third-order valence-electron chi connectivity index (χ3n) is 3.01. The number of halogens is 1. The van der Waals surface area contributed by atoms with Crippen LogP contribution in [0.5, 0.6) is 0 Å². The quantitative estimate of drug-likeness (QED) is 0.159. The van der Waals surface area contributed by atoms with Crippen molar-refractivity contribution in [3.63, 3.8) is 0 Å². The van der Waals surface area contributed by atoms with Crippen LogP contribution in [0.15, 0.2) is 40.5 Å². The maximum atomic E-state index is 12.2. The molecule has 0 saturated carbocycles. The third-order valence-corrected chi connectivity index (χ3v) is 3.34. The molecule has 0 amide bonds. The minimum absolute atomic E-state index is 0.0274. The van der Waals surface area contributed by atoms with Crippen molar-refractivity contribution >= 4 is 29.2 Å². The zero-order chi connectivity index (χ0) is 18.1. The molecule has 0 radical (unpaired) electrons. The molecule has 130 valence electrons. The predicted molar refractivity (Wildman–Crippen MR) is 94.0 cm³/mol. The Hall–Kier alpha value is -2.38. The Morgan fingerprint density at radius 3 is 2.54 bits per heavy atom. The molecule has 5 N–H and O–H groups in total. The highest BCUT2D eigenvalue weighted by molar-refractivity contribution is 6.34. The van der Waals surface area contributed by atoms with Crippen LogP contribution >= 0.6 is 11.6 Å². The summed E-state index contributed by atoms with van der Waals surface area (Å²) in [5, 5.41) is 3.19. The van der Waals surface area contributed by atoms with Gasteiger partial charge in [0.25, 0.3) is 0 Å². The van der Waals surface area contributed by atoms with Crippen molar-refractivity contribution in [3.8, 4) is 0 Å². The van der Waals surface area contributed by atoms with Crippen LogP contribution in [0.2, 0.25) is 5.02 Å². The van der Waals surface area contributed by atoms with Gasteiger partial charge in [-0.15, -0.1) is 0 Å². The van der Waals surface area contributed by atoms with E-state index in [1.807, 2.05) is 0 Å². The van der Waals surface area contributed by atoms with Gasteiger partial charge < -0.3 is 21.5 Å². The van der Waals surface area contributed by atoms with E-state index in [9.17, 15) is 9.59 Å². The number of ether oxygens (including phenoxy) is 1. The Morgan fingerprint density at radius 1 is 1.29 bits per heavy atom. The van der Waals surface area contributed by atoms with Gasteiger partial charge in [0.1, 0.15) is 11.4 Å². The number of nitrogens with one attached hydrogen (secondary N) is 1. The molecule has 7 nitrogen and oxygen atoms in total. The fraction of sp³-hybridized carbons (Fsp3) is 0.312. The molecule has 0 saturated heterocycles. The second-order valence-electron chi connectivity index (χ2n) is 4.91. The second kappa shape index (κ2) is 9.69. The molecular weight excluding hydrogens is 332 g/mol. The average Bonchev–Trinajstić information content (AvgIpc) is 2.53. The van der Waals surface area contributed by atoms with Crippen LogP contribution in [0.3, 0.4) is 0 Å². The van der Waals surface area contributed by atoms with Gasteiger partial charge in [-0.25, -0.2) is 4.79 Å². The number of nitrogens with zero attached hydrogens (tertiary/aromatic N) is 1. The molecule has 0 bridgehead atoms. The minimum Gasteiger partial charge on any atom is -0.454 e. The van der Waals surface area contributed by atoms with Gasteiger partial charge in [-0.3, -0.25) is 9.79 Å². The van der Waals surface area contributed by atoms with Gasteiger partial charge in [-0.1, -0.05) is 23.7 Å². The number of esters is 1. The Balaban J connectivity index is 2.77. The van der Waals surface area contributed by atoms with E-state index in [4.69, 9.17) is 27.8 Å². The molecule has 0 aliphatic carbocycles. The fourth-order valence-electron chi connectivity index (χ4n) is 1.80. The molecule has 0 spiro atoms. The lowest BCUT2D eigenvalue weighted by molar-refractivity contribution is -0.137. The number of benzene rings is 1. The summed E-state index contributed by atoms with van der Waals surface area (Å²) in [5.41, 5.74) is 11.9. The molecule has 0 atom stereocenters. The Morgan fingerprint density at radius 2 is 1.96 bits per heavy atom. The lowest BCUT2D eigenvalue weighted by Gasteiger charge is -2.10. The largest absolute Gasteiger partial charge is 0.454 e. The molecule has 0 aromatic heterocycles. The van der Waals surface area contributed by atoms with Crippen molar-refractivity contribution in [2.24, 2.45) is 16.5 Å². The maximum absolute atomic E-state index is 12.2. The first-order valence-corrected chi connectivity index (χ1v) is 7.62. The summed E-state index contributed by atoms with van der Waals surface area (Å²) < 4.78 is 5.00. The number of likely N-dealkylation sites (N-methyl/N-ethyl adjacent to an activating group) is 1. The van der Waals surface area contributed by atoms with Gasteiger partial charge in [0, 0.05) is 17.8 Å². The number of carbonyl (C=O) groups is 2. The minimum atomic E-state index is -0.805. The number of ketones is 1. The molecule has 0 heterocycles. The molecular formula is C16H21ClN4O3. The number of amidine groups is 1. The van der Waals surface area contributed by atoms with E-state index in [0.717, 1.165) is 0 Å². The monoisotopic (exact) mass is 352 g/mol. The van der Waals surface area contributed by atoms with Crippen molar-refractivity contribution in [1.82, 2.24) is 5.32 Å². The van der Waals surface area contributed by atoms with Crippen molar-refractivity contribution in [2.75, 3.05) is 26.7 Å². The Bertz CT molecular complexity index is 667. The predicted octanol–water partition coefficient (Wildman–Crippen LogP) is 0.875.